The van der Waals surface area contributed by atoms with Gasteiger partial charge >= 0.3 is 5.97 Å². The molecule has 0 bridgehead atoms. The highest BCUT2D eigenvalue weighted by Gasteiger charge is 2.10. The molecule has 0 fully saturated rings. The van der Waals surface area contributed by atoms with E-state index < -0.39 is 5.97 Å². The number of hydrogen-bond donors (Lipinski definition) is 0. The standard InChI is InChI=1S/C11H10ClN3O3/c1-17-10-4-3-8(12)5-7(10)6-9(14-15-13)11(16)18-2/h3-6H,1-2H3. The third kappa shape index (κ3) is 3.41. The van der Waals surface area contributed by atoms with Gasteiger partial charge < -0.3 is 9.47 Å². The van der Waals surface area contributed by atoms with Gasteiger partial charge in [-0.15, -0.1) is 0 Å². The summed E-state index contributed by atoms with van der Waals surface area (Å²) >= 11 is 5.84. The maximum Gasteiger partial charge on any atom is 0.340 e. The average Bonchev–Trinajstić information content (AvgIpc) is 2.37. The molecule has 0 atom stereocenters. The number of rotatable bonds is 4. The molecule has 1 aromatic carbocycles. The zero-order valence-corrected chi connectivity index (χ0v) is 10.5. The molecule has 0 aromatic heterocycles. The number of benzene rings is 1. The molecule has 0 saturated carbocycles. The SMILES string of the molecule is COC(=O)C(=Cc1cc(Cl)ccc1OC)N=[N+]=[N-]. The maximum absolute atomic E-state index is 11.4. The molecule has 18 heavy (non-hydrogen) atoms. The molecule has 0 aliphatic heterocycles. The zero-order chi connectivity index (χ0) is 13.5. The molecule has 6 nitrogen and oxygen atoms in total. The molecule has 0 amide bonds. The Morgan fingerprint density at radius 1 is 1.50 bits per heavy atom. The van der Waals surface area contributed by atoms with E-state index in [0.717, 1.165) is 0 Å². The van der Waals surface area contributed by atoms with Crippen LogP contribution in [0.4, 0.5) is 0 Å². The molecule has 7 heteroatoms. The van der Waals surface area contributed by atoms with E-state index in [4.69, 9.17) is 21.9 Å². The number of ether oxygens (including phenoxy) is 2. The highest BCUT2D eigenvalue weighted by Crippen LogP contribution is 2.25. The first-order chi connectivity index (χ1) is 8.62. The second kappa shape index (κ2) is 6.54. The van der Waals surface area contributed by atoms with Gasteiger partial charge in [0.25, 0.3) is 0 Å². The van der Waals surface area contributed by atoms with Crippen LogP contribution < -0.4 is 4.74 Å². The molecule has 1 rings (SSSR count). The van der Waals surface area contributed by atoms with Crippen molar-refractivity contribution >= 4 is 23.6 Å². The summed E-state index contributed by atoms with van der Waals surface area (Å²) in [5.41, 5.74) is 8.72. The van der Waals surface area contributed by atoms with Gasteiger partial charge in [-0.3, -0.25) is 0 Å². The monoisotopic (exact) mass is 267 g/mol. The number of carbonyl (C=O) groups is 1. The molecule has 94 valence electrons. The van der Waals surface area contributed by atoms with Gasteiger partial charge in [0.15, 0.2) is 0 Å². The van der Waals surface area contributed by atoms with E-state index in [1.807, 2.05) is 0 Å². The third-order valence-electron chi connectivity index (χ3n) is 2.03. The van der Waals surface area contributed by atoms with Gasteiger partial charge in [0.2, 0.25) is 0 Å². The molecule has 0 aliphatic rings. The van der Waals surface area contributed by atoms with Crippen LogP contribution in [0.25, 0.3) is 16.5 Å². The van der Waals surface area contributed by atoms with Crippen molar-refractivity contribution in [1.29, 1.82) is 0 Å². The Balaban J connectivity index is 3.30. The second-order valence-corrected chi connectivity index (χ2v) is 3.53. The molecule has 0 heterocycles. The van der Waals surface area contributed by atoms with Crippen LogP contribution in [0, 0.1) is 0 Å². The Bertz CT molecular complexity index is 536. The smallest absolute Gasteiger partial charge is 0.340 e. The molecule has 0 unspecified atom stereocenters. The Morgan fingerprint density at radius 2 is 2.22 bits per heavy atom. The van der Waals surface area contributed by atoms with E-state index in [1.165, 1.54) is 20.3 Å². The molecule has 0 saturated heterocycles. The quantitative estimate of drug-likeness (QED) is 0.276. The minimum Gasteiger partial charge on any atom is -0.496 e. The Hall–Kier alpha value is -2.17. The lowest BCUT2D eigenvalue weighted by atomic mass is 10.1. The summed E-state index contributed by atoms with van der Waals surface area (Å²) in [6.07, 6.45) is 1.34. The summed E-state index contributed by atoms with van der Waals surface area (Å²) in [5, 5.41) is 3.73. The van der Waals surface area contributed by atoms with E-state index in [2.05, 4.69) is 14.8 Å². The van der Waals surface area contributed by atoms with Gasteiger partial charge in [0.1, 0.15) is 11.4 Å². The van der Waals surface area contributed by atoms with Crippen LogP contribution in [0.5, 0.6) is 5.75 Å². The van der Waals surface area contributed by atoms with Gasteiger partial charge in [-0.2, -0.15) is 0 Å². The lowest BCUT2D eigenvalue weighted by Crippen LogP contribution is -2.02. The van der Waals surface area contributed by atoms with Crippen molar-refractivity contribution in [3.05, 3.63) is 44.9 Å². The number of nitrogens with zero attached hydrogens (tertiary/aromatic N) is 3. The summed E-state index contributed by atoms with van der Waals surface area (Å²) in [7, 11) is 2.67. The van der Waals surface area contributed by atoms with Crippen LogP contribution in [-0.4, -0.2) is 20.2 Å². The average molecular weight is 268 g/mol. The highest BCUT2D eigenvalue weighted by atomic mass is 35.5. The minimum absolute atomic E-state index is 0.180. The second-order valence-electron chi connectivity index (χ2n) is 3.10. The van der Waals surface area contributed by atoms with Crippen molar-refractivity contribution in [1.82, 2.24) is 0 Å². The summed E-state index contributed by atoms with van der Waals surface area (Å²) < 4.78 is 9.60. The van der Waals surface area contributed by atoms with Crippen LogP contribution in [0.3, 0.4) is 0 Å². The molecule has 0 spiro atoms. The summed E-state index contributed by atoms with van der Waals surface area (Å²) in [6.45, 7) is 0. The summed E-state index contributed by atoms with van der Waals surface area (Å²) in [6, 6.07) is 4.86. The van der Waals surface area contributed by atoms with E-state index in [-0.39, 0.29) is 5.70 Å². The zero-order valence-electron chi connectivity index (χ0n) is 9.75. The van der Waals surface area contributed by atoms with E-state index >= 15 is 0 Å². The maximum atomic E-state index is 11.4. The number of azide groups is 1. The molecular weight excluding hydrogens is 258 g/mol. The van der Waals surface area contributed by atoms with E-state index in [0.29, 0.717) is 16.3 Å². The van der Waals surface area contributed by atoms with Crippen molar-refractivity contribution in [3.8, 4) is 5.75 Å². The van der Waals surface area contributed by atoms with Crippen LogP contribution >= 0.6 is 11.6 Å². The number of esters is 1. The number of carbonyl (C=O) groups excluding carboxylic acids is 1. The topological polar surface area (TPSA) is 84.3 Å². The molecule has 1 aromatic rings. The molecule has 0 radical (unpaired) electrons. The van der Waals surface area contributed by atoms with E-state index in [1.54, 1.807) is 18.2 Å². The van der Waals surface area contributed by atoms with Gasteiger partial charge in [0, 0.05) is 15.5 Å². The van der Waals surface area contributed by atoms with Gasteiger partial charge in [0.05, 0.1) is 14.2 Å². The van der Waals surface area contributed by atoms with Crippen LogP contribution in [0.1, 0.15) is 5.56 Å². The fourth-order valence-electron chi connectivity index (χ4n) is 1.25. The Kier molecular flexibility index (Phi) is 5.05. The van der Waals surface area contributed by atoms with Crippen molar-refractivity contribution in [3.63, 3.8) is 0 Å². The first kappa shape index (κ1) is 13.9. The van der Waals surface area contributed by atoms with Crippen LogP contribution in [0.15, 0.2) is 29.0 Å². The van der Waals surface area contributed by atoms with Crippen LogP contribution in [0.2, 0.25) is 5.02 Å². The van der Waals surface area contributed by atoms with Crippen molar-refractivity contribution in [2.24, 2.45) is 5.11 Å². The number of methoxy groups -OCH3 is 2. The van der Waals surface area contributed by atoms with Gasteiger partial charge in [-0.05, 0) is 29.8 Å². The van der Waals surface area contributed by atoms with Crippen molar-refractivity contribution in [2.45, 2.75) is 0 Å². The summed E-state index contributed by atoms with van der Waals surface area (Å²) in [4.78, 5) is 13.9. The molecule has 0 aliphatic carbocycles. The predicted molar refractivity (Wildman–Crippen MR) is 67.1 cm³/mol. The largest absolute Gasteiger partial charge is 0.496 e. The van der Waals surface area contributed by atoms with Crippen molar-refractivity contribution < 1.29 is 14.3 Å². The molecular formula is C11H10ClN3O3. The fourth-order valence-corrected chi connectivity index (χ4v) is 1.43. The Morgan fingerprint density at radius 3 is 2.78 bits per heavy atom. The number of halogens is 1. The highest BCUT2D eigenvalue weighted by molar-refractivity contribution is 6.30. The molecule has 0 N–H and O–H groups in total. The number of hydrogen-bond acceptors (Lipinski definition) is 4. The fraction of sp³-hybridized carbons (Fsp3) is 0.182. The normalized spacial score (nSPS) is 10.5. The lowest BCUT2D eigenvalue weighted by molar-refractivity contribution is -0.136. The summed E-state index contributed by atoms with van der Waals surface area (Å²) in [5.74, 6) is -0.247. The minimum atomic E-state index is -0.741. The lowest BCUT2D eigenvalue weighted by Gasteiger charge is -2.06. The first-order valence-corrected chi connectivity index (χ1v) is 5.18. The van der Waals surface area contributed by atoms with Gasteiger partial charge in [-0.25, -0.2) is 4.79 Å². The first-order valence-electron chi connectivity index (χ1n) is 4.81. The van der Waals surface area contributed by atoms with Gasteiger partial charge in [-0.1, -0.05) is 16.7 Å². The third-order valence-corrected chi connectivity index (χ3v) is 2.27. The Labute approximate surface area is 108 Å². The van der Waals surface area contributed by atoms with E-state index in [9.17, 15) is 4.79 Å². The predicted octanol–water partition coefficient (Wildman–Crippen LogP) is 3.17. The van der Waals surface area contributed by atoms with Crippen LogP contribution in [-0.2, 0) is 9.53 Å². The van der Waals surface area contributed by atoms with Crippen molar-refractivity contribution in [2.75, 3.05) is 14.2 Å².